The number of carbonyl (C=O) groups is 9. The lowest BCUT2D eigenvalue weighted by atomic mass is 9.86. The monoisotopic (exact) mass is 1130 g/mol. The number of benzene rings is 2. The standard InChI is InChI=1S/C54H63FN10O16/c1-3-54(76)38-23-42-49-36(29-65(42)51(73)37(38)30-81-52(54)74)35(34-21-32(2)39(55)24-40(34)63-49)25-60-53(75)56-12-15-80-31-61-45(68)27-59-50(72)41(22-33-7-5-4-6-8-33)62-46(69)28-58-44(67)26-57-43(66)11-14-77-17-19-79-20-18-78-16-13-64-47(70)9-10-48(64)71/h4-10,21,23-24,41,76H,3,11-20,22,25-31H2,1-2H3,(H,57,66)(H,58,67)(H,59,72)(H,61,68)(H,62,69)(H2,56,60,75)/t41-,54-/m0/s1. The van der Waals surface area contributed by atoms with Crippen LogP contribution in [0.4, 0.5) is 9.18 Å². The Bertz CT molecular complexity index is 3120. The minimum Gasteiger partial charge on any atom is -0.458 e. The molecular formula is C54H63FN10O16. The normalized spacial score (nSPS) is 15.3. The summed E-state index contributed by atoms with van der Waals surface area (Å²) in [6.07, 6.45) is 2.35. The van der Waals surface area contributed by atoms with Crippen molar-refractivity contribution in [2.45, 2.75) is 64.4 Å². The molecule has 9 amide bonds. The maximum atomic E-state index is 14.9. The van der Waals surface area contributed by atoms with E-state index in [1.54, 1.807) is 56.3 Å². The van der Waals surface area contributed by atoms with Gasteiger partial charge in [-0.15, -0.1) is 0 Å². The first-order chi connectivity index (χ1) is 39.0. The van der Waals surface area contributed by atoms with Crippen LogP contribution in [-0.4, -0.2) is 165 Å². The third kappa shape index (κ3) is 15.9. The van der Waals surface area contributed by atoms with Crippen molar-refractivity contribution in [1.29, 1.82) is 0 Å². The van der Waals surface area contributed by atoms with Crippen LogP contribution in [0.3, 0.4) is 0 Å². The minimum atomic E-state index is -2.04. The first-order valence-electron chi connectivity index (χ1n) is 26.0. The number of urea groups is 1. The maximum Gasteiger partial charge on any atom is 0.343 e. The van der Waals surface area contributed by atoms with Gasteiger partial charge in [-0.05, 0) is 42.2 Å². The molecule has 81 heavy (non-hydrogen) atoms. The molecule has 0 saturated carbocycles. The van der Waals surface area contributed by atoms with Gasteiger partial charge in [0.1, 0.15) is 25.2 Å². The second kappa shape index (κ2) is 28.6. The van der Waals surface area contributed by atoms with Gasteiger partial charge in [0.2, 0.25) is 29.5 Å². The van der Waals surface area contributed by atoms with E-state index in [-0.39, 0.29) is 133 Å². The fourth-order valence-corrected chi connectivity index (χ4v) is 8.85. The molecule has 0 saturated heterocycles. The van der Waals surface area contributed by atoms with E-state index in [0.717, 1.165) is 4.90 Å². The third-order valence-electron chi connectivity index (χ3n) is 13.2. The quantitative estimate of drug-likeness (QED) is 0.0117. The number of imide groups is 1. The molecule has 4 aromatic rings. The van der Waals surface area contributed by atoms with Crippen molar-refractivity contribution in [1.82, 2.24) is 51.7 Å². The van der Waals surface area contributed by atoms with Crippen molar-refractivity contribution in [2.75, 3.05) is 85.7 Å². The Morgan fingerprint density at radius 3 is 2.16 bits per heavy atom. The molecule has 432 valence electrons. The molecule has 3 aliphatic heterocycles. The minimum absolute atomic E-state index is 0.00583. The summed E-state index contributed by atoms with van der Waals surface area (Å²) in [6, 6.07) is 11.4. The predicted octanol–water partition coefficient (Wildman–Crippen LogP) is -1.14. The zero-order chi connectivity index (χ0) is 58.1. The summed E-state index contributed by atoms with van der Waals surface area (Å²) in [5.41, 5.74) is 0.836. The second-order valence-electron chi connectivity index (χ2n) is 18.7. The van der Waals surface area contributed by atoms with Crippen molar-refractivity contribution in [3.05, 3.63) is 110 Å². The Morgan fingerprint density at radius 1 is 0.765 bits per heavy atom. The molecule has 0 radical (unpaired) electrons. The van der Waals surface area contributed by atoms with Crippen LogP contribution in [0.2, 0.25) is 0 Å². The van der Waals surface area contributed by atoms with Gasteiger partial charge in [-0.2, -0.15) is 0 Å². The summed E-state index contributed by atoms with van der Waals surface area (Å²) in [7, 11) is 0. The highest BCUT2D eigenvalue weighted by molar-refractivity contribution is 6.12. The summed E-state index contributed by atoms with van der Waals surface area (Å²) >= 11 is 0. The van der Waals surface area contributed by atoms with Gasteiger partial charge in [0.15, 0.2) is 5.60 Å². The largest absolute Gasteiger partial charge is 0.458 e. The number of amides is 9. The molecule has 2 aromatic carbocycles. The Morgan fingerprint density at radius 2 is 1.43 bits per heavy atom. The van der Waals surface area contributed by atoms with E-state index in [4.69, 9.17) is 28.7 Å². The lowest BCUT2D eigenvalue weighted by molar-refractivity contribution is -0.172. The van der Waals surface area contributed by atoms with Gasteiger partial charge >= 0.3 is 12.0 Å². The number of aliphatic hydroxyl groups is 1. The molecule has 5 heterocycles. The number of cyclic esters (lactones) is 1. The highest BCUT2D eigenvalue weighted by Crippen LogP contribution is 2.40. The van der Waals surface area contributed by atoms with Crippen LogP contribution in [0, 0.1) is 12.7 Å². The van der Waals surface area contributed by atoms with Crippen LogP contribution >= 0.6 is 0 Å². The highest BCUT2D eigenvalue weighted by Gasteiger charge is 2.45. The number of halogens is 1. The molecule has 3 aliphatic rings. The van der Waals surface area contributed by atoms with Crippen molar-refractivity contribution >= 4 is 64.3 Å². The predicted molar refractivity (Wildman–Crippen MR) is 282 cm³/mol. The SMILES string of the molecule is CC[C@@]1(O)C(=O)OCc2c1cc1n(c2=O)Cc2c-1nc1cc(F)c(C)cc1c2CNC(=O)NCCOCNC(=O)CNC(=O)[C@H](Cc1ccccc1)NC(=O)CNC(=O)CNC(=O)CCOCCOCCOCCN1C(=O)C=CC1=O. The lowest BCUT2D eigenvalue weighted by Gasteiger charge is -2.31. The van der Waals surface area contributed by atoms with Crippen molar-refractivity contribution in [2.24, 2.45) is 0 Å². The van der Waals surface area contributed by atoms with Gasteiger partial charge in [0.25, 0.3) is 17.4 Å². The molecule has 0 spiro atoms. The highest BCUT2D eigenvalue weighted by atomic mass is 19.1. The molecule has 0 aliphatic carbocycles. The number of nitrogens with one attached hydrogen (secondary N) is 7. The number of hydrogen-bond donors (Lipinski definition) is 8. The Hall–Kier alpha value is -8.50. The van der Waals surface area contributed by atoms with Gasteiger partial charge in [-0.1, -0.05) is 37.3 Å². The molecule has 27 heteroatoms. The number of fused-ring (bicyclic) bond motifs is 5. The smallest absolute Gasteiger partial charge is 0.343 e. The van der Waals surface area contributed by atoms with E-state index in [0.29, 0.717) is 39.0 Å². The molecule has 7 rings (SSSR count). The summed E-state index contributed by atoms with van der Waals surface area (Å²) < 4.78 is 43.1. The topological polar surface area (TPSA) is 342 Å². The van der Waals surface area contributed by atoms with Crippen molar-refractivity contribution in [3.63, 3.8) is 0 Å². The number of esters is 1. The Balaban J connectivity index is 0.773. The molecule has 0 fully saturated rings. The average molecular weight is 1130 g/mol. The fourth-order valence-electron chi connectivity index (χ4n) is 8.85. The van der Waals surface area contributed by atoms with E-state index in [1.165, 1.54) is 22.8 Å². The van der Waals surface area contributed by atoms with Crippen LogP contribution in [0.15, 0.2) is 65.5 Å². The van der Waals surface area contributed by atoms with E-state index < -0.39 is 84.2 Å². The van der Waals surface area contributed by atoms with E-state index >= 15 is 0 Å². The maximum absolute atomic E-state index is 14.9. The van der Waals surface area contributed by atoms with E-state index in [9.17, 15) is 57.4 Å². The van der Waals surface area contributed by atoms with Crippen molar-refractivity contribution in [3.8, 4) is 11.4 Å². The number of rotatable bonds is 30. The van der Waals surface area contributed by atoms with E-state index in [2.05, 4.69) is 37.2 Å². The third-order valence-corrected chi connectivity index (χ3v) is 13.2. The van der Waals surface area contributed by atoms with Gasteiger partial charge in [-0.25, -0.2) is 19.0 Å². The second-order valence-corrected chi connectivity index (χ2v) is 18.7. The van der Waals surface area contributed by atoms with Crippen molar-refractivity contribution < 1.29 is 76.3 Å². The molecule has 26 nitrogen and oxygen atoms in total. The number of carbonyl (C=O) groups excluding carboxylic acids is 9. The van der Waals surface area contributed by atoms with E-state index in [1.807, 2.05) is 0 Å². The summed E-state index contributed by atoms with van der Waals surface area (Å²) in [5.74, 6) is -5.33. The zero-order valence-electron chi connectivity index (χ0n) is 44.6. The number of ether oxygens (including phenoxy) is 5. The van der Waals surface area contributed by atoms with Gasteiger partial charge in [0, 0.05) is 60.7 Å². The Kier molecular flexibility index (Phi) is 21.2. The first kappa shape index (κ1) is 60.1. The van der Waals surface area contributed by atoms with Gasteiger partial charge in [0.05, 0.1) is 101 Å². The number of aryl methyl sites for hydroxylation is 1. The van der Waals surface area contributed by atoms with Crippen LogP contribution in [0.1, 0.15) is 53.1 Å². The van der Waals surface area contributed by atoms with Gasteiger partial charge in [-0.3, -0.25) is 43.3 Å². The average Bonchev–Trinajstić information content (AvgIpc) is 3.66. The number of pyridine rings is 2. The van der Waals surface area contributed by atoms with Crippen LogP contribution < -0.4 is 42.8 Å². The molecular weight excluding hydrogens is 1060 g/mol. The molecule has 2 atom stereocenters. The number of aromatic nitrogens is 2. The molecule has 0 bridgehead atoms. The summed E-state index contributed by atoms with van der Waals surface area (Å²) in [5, 5.41) is 29.6. The number of hydrogen-bond acceptors (Lipinski definition) is 17. The number of nitrogens with zero attached hydrogens (tertiary/aromatic N) is 3. The van der Waals surface area contributed by atoms with Crippen LogP contribution in [-0.2, 0) is 93.8 Å². The first-order valence-corrected chi connectivity index (χ1v) is 26.0. The summed E-state index contributed by atoms with van der Waals surface area (Å²) in [6.45, 7) is 2.37. The zero-order valence-corrected chi connectivity index (χ0v) is 44.6. The molecule has 8 N–H and O–H groups in total. The summed E-state index contributed by atoms with van der Waals surface area (Å²) in [4.78, 5) is 132. The Labute approximate surface area is 462 Å². The fraction of sp³-hybridized carbons (Fsp3) is 0.426. The van der Waals surface area contributed by atoms with Gasteiger partial charge < -0.3 is 70.6 Å². The molecule has 0 unspecified atom stereocenters. The lowest BCUT2D eigenvalue weighted by Crippen LogP contribution is -2.52. The molecule has 2 aromatic heterocycles. The van der Waals surface area contributed by atoms with Crippen LogP contribution in [0.5, 0.6) is 0 Å². The van der Waals surface area contributed by atoms with Crippen LogP contribution in [0.25, 0.3) is 22.3 Å².